The van der Waals surface area contributed by atoms with Crippen molar-refractivity contribution in [3.05, 3.63) is 46.5 Å². The van der Waals surface area contributed by atoms with Crippen LogP contribution in [0.15, 0.2) is 36.4 Å². The molecule has 0 saturated carbocycles. The number of hydrogen-bond acceptors (Lipinski definition) is 4. The Labute approximate surface area is 87.5 Å². The van der Waals surface area contributed by atoms with E-state index in [4.69, 9.17) is 10.1 Å². The summed E-state index contributed by atoms with van der Waals surface area (Å²) in [6.45, 7) is 0. The Kier molecular flexibility index (Phi) is 5.53. The SMILES string of the molecule is O=C(O[N+](=O)[O-])C(F)(F)F.c1ccccc1. The Balaban J connectivity index is 0.000000315. The van der Waals surface area contributed by atoms with Crippen LogP contribution in [0.3, 0.4) is 0 Å². The van der Waals surface area contributed by atoms with Crippen molar-refractivity contribution in [1.29, 1.82) is 0 Å². The molecule has 0 aliphatic carbocycles. The van der Waals surface area contributed by atoms with Crippen molar-refractivity contribution < 1.29 is 27.9 Å². The predicted molar refractivity (Wildman–Crippen MR) is 45.6 cm³/mol. The van der Waals surface area contributed by atoms with Crippen molar-refractivity contribution in [3.63, 3.8) is 0 Å². The van der Waals surface area contributed by atoms with Gasteiger partial charge in [-0.05, 0) is 0 Å². The third-order valence-corrected chi connectivity index (χ3v) is 1.06. The number of carbonyl (C=O) groups is 1. The third kappa shape index (κ3) is 7.30. The van der Waals surface area contributed by atoms with E-state index in [2.05, 4.69) is 4.84 Å². The maximum Gasteiger partial charge on any atom is 0.477 e. The van der Waals surface area contributed by atoms with Gasteiger partial charge in [-0.15, -0.1) is 10.1 Å². The molecule has 0 atom stereocenters. The van der Waals surface area contributed by atoms with Crippen LogP contribution >= 0.6 is 0 Å². The van der Waals surface area contributed by atoms with Gasteiger partial charge in [-0.3, -0.25) is 4.79 Å². The van der Waals surface area contributed by atoms with E-state index < -0.39 is 17.2 Å². The smallest absolute Gasteiger partial charge is 0.258 e. The van der Waals surface area contributed by atoms with E-state index >= 15 is 0 Å². The van der Waals surface area contributed by atoms with Crippen LogP contribution in [-0.2, 0) is 9.63 Å². The van der Waals surface area contributed by atoms with Crippen molar-refractivity contribution in [1.82, 2.24) is 0 Å². The second-order valence-corrected chi connectivity index (χ2v) is 2.25. The van der Waals surface area contributed by atoms with Crippen LogP contribution in [0.25, 0.3) is 0 Å². The van der Waals surface area contributed by atoms with Crippen molar-refractivity contribution in [2.24, 2.45) is 0 Å². The summed E-state index contributed by atoms with van der Waals surface area (Å²) in [5, 5.41) is 7.30. The number of benzene rings is 1. The average Bonchev–Trinajstić information content (AvgIpc) is 2.19. The first-order valence-corrected chi connectivity index (χ1v) is 3.77. The summed E-state index contributed by atoms with van der Waals surface area (Å²) >= 11 is 0. The lowest BCUT2D eigenvalue weighted by Crippen LogP contribution is -2.27. The second-order valence-electron chi connectivity index (χ2n) is 2.25. The Hall–Kier alpha value is -2.12. The zero-order valence-electron chi connectivity index (χ0n) is 7.68. The van der Waals surface area contributed by atoms with Crippen molar-refractivity contribution in [2.75, 3.05) is 0 Å². The van der Waals surface area contributed by atoms with Gasteiger partial charge in [-0.1, -0.05) is 36.4 Å². The van der Waals surface area contributed by atoms with Gasteiger partial charge < -0.3 is 0 Å². The van der Waals surface area contributed by atoms with Gasteiger partial charge in [-0.2, -0.15) is 13.2 Å². The van der Waals surface area contributed by atoms with Gasteiger partial charge in [0.1, 0.15) is 0 Å². The monoisotopic (exact) mass is 237 g/mol. The van der Waals surface area contributed by atoms with E-state index in [1.165, 1.54) is 0 Å². The Morgan fingerprint density at radius 1 is 1.06 bits per heavy atom. The van der Waals surface area contributed by atoms with Crippen molar-refractivity contribution in [2.45, 2.75) is 6.18 Å². The van der Waals surface area contributed by atoms with Gasteiger partial charge in [0.15, 0.2) is 0 Å². The summed E-state index contributed by atoms with van der Waals surface area (Å²) in [5.74, 6) is -2.84. The molecule has 0 unspecified atom stereocenters. The number of rotatable bonds is 1. The number of hydrogen-bond donors (Lipinski definition) is 0. The molecule has 5 nitrogen and oxygen atoms in total. The molecule has 0 saturated heterocycles. The first-order valence-electron chi connectivity index (χ1n) is 3.77. The molecule has 88 valence electrons. The number of nitrogens with zero attached hydrogens (tertiary/aromatic N) is 1. The van der Waals surface area contributed by atoms with Crippen LogP contribution in [0.5, 0.6) is 0 Å². The highest BCUT2D eigenvalue weighted by atomic mass is 19.4. The van der Waals surface area contributed by atoms with Crippen LogP contribution in [0.1, 0.15) is 0 Å². The Bertz CT molecular complexity index is 312. The minimum absolute atomic E-state index is 1.82. The summed E-state index contributed by atoms with van der Waals surface area (Å²) < 4.78 is 33.1. The van der Waals surface area contributed by atoms with Gasteiger partial charge in [0, 0.05) is 0 Å². The largest absolute Gasteiger partial charge is 0.477 e. The van der Waals surface area contributed by atoms with Crippen molar-refractivity contribution in [3.8, 4) is 0 Å². The van der Waals surface area contributed by atoms with Gasteiger partial charge in [-0.25, -0.2) is 4.84 Å². The maximum atomic E-state index is 11.0. The lowest BCUT2D eigenvalue weighted by molar-refractivity contribution is -0.732. The normalized spacial score (nSPS) is 9.69. The standard InChI is InChI=1S/C6H6.C2F3NO4/c1-2-4-6-5-3-1;3-2(4,5)1(7)10-6(8)9/h1-6H;. The van der Waals surface area contributed by atoms with E-state index in [0.717, 1.165) is 0 Å². The molecule has 0 aromatic heterocycles. The number of halogens is 3. The third-order valence-electron chi connectivity index (χ3n) is 1.06. The molecule has 0 spiro atoms. The lowest BCUT2D eigenvalue weighted by atomic mass is 10.4. The average molecular weight is 237 g/mol. The van der Waals surface area contributed by atoms with Crippen molar-refractivity contribution >= 4 is 5.97 Å². The molecule has 1 aromatic carbocycles. The van der Waals surface area contributed by atoms with Gasteiger partial charge in [0.2, 0.25) is 0 Å². The molecular formula is C8H6F3NO4. The molecule has 0 N–H and O–H groups in total. The molecule has 0 aliphatic rings. The molecular weight excluding hydrogens is 231 g/mol. The van der Waals surface area contributed by atoms with E-state index in [9.17, 15) is 18.0 Å². The molecule has 1 rings (SSSR count). The molecule has 0 amide bonds. The zero-order chi connectivity index (χ0) is 12.6. The highest BCUT2D eigenvalue weighted by molar-refractivity contribution is 5.74. The lowest BCUT2D eigenvalue weighted by Gasteiger charge is -1.99. The summed E-state index contributed by atoms with van der Waals surface area (Å²) in [6, 6.07) is 12.0. The first kappa shape index (κ1) is 13.9. The zero-order valence-corrected chi connectivity index (χ0v) is 7.68. The maximum absolute atomic E-state index is 11.0. The van der Waals surface area contributed by atoms with Gasteiger partial charge >= 0.3 is 17.2 Å². The van der Waals surface area contributed by atoms with E-state index in [1.54, 1.807) is 0 Å². The molecule has 0 radical (unpaired) electrons. The van der Waals surface area contributed by atoms with Crippen LogP contribution in [0, 0.1) is 10.1 Å². The Morgan fingerprint density at radius 2 is 1.38 bits per heavy atom. The first-order chi connectivity index (χ1) is 7.34. The van der Waals surface area contributed by atoms with Crippen LogP contribution in [0.2, 0.25) is 0 Å². The van der Waals surface area contributed by atoms with Crippen LogP contribution < -0.4 is 0 Å². The molecule has 0 fully saturated rings. The molecule has 0 aliphatic heterocycles. The van der Waals surface area contributed by atoms with E-state index in [1.807, 2.05) is 36.4 Å². The fourth-order valence-corrected chi connectivity index (χ4v) is 0.504. The number of alkyl halides is 3. The summed E-state index contributed by atoms with van der Waals surface area (Å²) in [5.41, 5.74) is 0. The van der Waals surface area contributed by atoms with Gasteiger partial charge in [0.25, 0.3) is 0 Å². The highest BCUT2D eigenvalue weighted by Crippen LogP contribution is 2.15. The summed E-state index contributed by atoms with van der Waals surface area (Å²) in [6.07, 6.45) is -5.31. The minimum Gasteiger partial charge on any atom is -0.258 e. The molecule has 0 heterocycles. The van der Waals surface area contributed by atoms with Crippen LogP contribution in [0.4, 0.5) is 13.2 Å². The van der Waals surface area contributed by atoms with E-state index in [0.29, 0.717) is 0 Å². The fourth-order valence-electron chi connectivity index (χ4n) is 0.504. The Morgan fingerprint density at radius 3 is 1.50 bits per heavy atom. The molecule has 8 heteroatoms. The molecule has 0 bridgehead atoms. The summed E-state index contributed by atoms with van der Waals surface area (Å²) in [4.78, 5) is 21.2. The number of carbonyl (C=O) groups excluding carboxylic acids is 1. The van der Waals surface area contributed by atoms with E-state index in [-0.39, 0.29) is 0 Å². The second kappa shape index (κ2) is 6.38. The topological polar surface area (TPSA) is 69.4 Å². The quantitative estimate of drug-likeness (QED) is 0.553. The van der Waals surface area contributed by atoms with Gasteiger partial charge in [0.05, 0.1) is 0 Å². The van der Waals surface area contributed by atoms with Crippen LogP contribution in [-0.4, -0.2) is 17.2 Å². The fraction of sp³-hybridized carbons (Fsp3) is 0.125. The predicted octanol–water partition coefficient (Wildman–Crippen LogP) is 1.97. The molecule has 1 aromatic rings. The highest BCUT2D eigenvalue weighted by Gasteiger charge is 2.41. The minimum atomic E-state index is -5.31. The molecule has 16 heavy (non-hydrogen) atoms. The summed E-state index contributed by atoms with van der Waals surface area (Å²) in [7, 11) is 0.